The zero-order chi connectivity index (χ0) is 19.1. The molecular weight excluding hydrogens is 362 g/mol. The summed E-state index contributed by atoms with van der Waals surface area (Å²) >= 11 is 6.03. The van der Waals surface area contributed by atoms with Crippen molar-refractivity contribution in [2.45, 2.75) is 19.4 Å². The molecule has 1 fully saturated rings. The quantitative estimate of drug-likeness (QED) is 0.725. The Hall–Kier alpha value is -2.08. The van der Waals surface area contributed by atoms with Crippen molar-refractivity contribution in [2.24, 2.45) is 0 Å². The third kappa shape index (κ3) is 5.70. The number of halogens is 1. The van der Waals surface area contributed by atoms with Crippen molar-refractivity contribution in [2.75, 3.05) is 33.2 Å². The zero-order valence-electron chi connectivity index (χ0n) is 15.6. The van der Waals surface area contributed by atoms with E-state index in [0.29, 0.717) is 35.2 Å². The molecule has 144 valence electrons. The van der Waals surface area contributed by atoms with Crippen molar-refractivity contribution in [3.63, 3.8) is 0 Å². The summed E-state index contributed by atoms with van der Waals surface area (Å²) in [6.07, 6.45) is 2.52. The van der Waals surface area contributed by atoms with E-state index in [4.69, 9.17) is 16.3 Å². The first-order valence-electron chi connectivity index (χ1n) is 9.37. The highest BCUT2D eigenvalue weighted by molar-refractivity contribution is 6.30. The Bertz CT molecular complexity index is 776. The van der Waals surface area contributed by atoms with E-state index in [1.54, 1.807) is 18.2 Å². The van der Waals surface area contributed by atoms with E-state index in [1.807, 2.05) is 31.3 Å². The number of nitrogens with zero attached hydrogens (tertiary/aromatic N) is 1. The minimum absolute atomic E-state index is 0.0548. The summed E-state index contributed by atoms with van der Waals surface area (Å²) in [6.45, 7) is 4.45. The molecule has 0 atom stereocenters. The normalized spacial score (nSPS) is 14.3. The fourth-order valence-corrected chi connectivity index (χ4v) is 3.42. The number of likely N-dealkylation sites (tertiary alicyclic amines) is 1. The predicted molar refractivity (Wildman–Crippen MR) is 109 cm³/mol. The van der Waals surface area contributed by atoms with Gasteiger partial charge in [-0.15, -0.1) is 0 Å². The van der Waals surface area contributed by atoms with Crippen molar-refractivity contribution in [3.05, 3.63) is 58.6 Å². The Balaban J connectivity index is 1.65. The van der Waals surface area contributed by atoms with Gasteiger partial charge in [-0.1, -0.05) is 17.7 Å². The molecule has 0 aromatic heterocycles. The van der Waals surface area contributed by atoms with Crippen LogP contribution in [0.1, 0.15) is 28.8 Å². The second-order valence-electron chi connectivity index (χ2n) is 6.72. The third-order valence-corrected chi connectivity index (χ3v) is 4.86. The van der Waals surface area contributed by atoms with Crippen LogP contribution in [0.5, 0.6) is 11.5 Å². The highest BCUT2D eigenvalue weighted by Gasteiger charge is 2.13. The van der Waals surface area contributed by atoms with Gasteiger partial charge in [0, 0.05) is 35.8 Å². The first kappa shape index (κ1) is 19.7. The van der Waals surface area contributed by atoms with E-state index in [0.717, 1.165) is 25.2 Å². The van der Waals surface area contributed by atoms with Crippen molar-refractivity contribution in [1.82, 2.24) is 15.5 Å². The summed E-state index contributed by atoms with van der Waals surface area (Å²) in [5, 5.41) is 6.76. The number of carbonyl (C=O) groups is 1. The Morgan fingerprint density at radius 1 is 1.19 bits per heavy atom. The largest absolute Gasteiger partial charge is 0.457 e. The Labute approximate surface area is 165 Å². The Morgan fingerprint density at radius 3 is 2.74 bits per heavy atom. The Kier molecular flexibility index (Phi) is 7.10. The second-order valence-corrected chi connectivity index (χ2v) is 7.15. The van der Waals surface area contributed by atoms with Gasteiger partial charge in [-0.3, -0.25) is 4.79 Å². The average molecular weight is 388 g/mol. The number of carbonyl (C=O) groups excluding carboxylic acids is 1. The molecule has 27 heavy (non-hydrogen) atoms. The van der Waals surface area contributed by atoms with Crippen molar-refractivity contribution in [1.29, 1.82) is 0 Å². The van der Waals surface area contributed by atoms with E-state index in [9.17, 15) is 4.79 Å². The van der Waals surface area contributed by atoms with Gasteiger partial charge in [-0.25, -0.2) is 0 Å². The van der Waals surface area contributed by atoms with Crippen LogP contribution in [0.15, 0.2) is 42.5 Å². The molecule has 0 bridgehead atoms. The minimum atomic E-state index is -0.0548. The van der Waals surface area contributed by atoms with E-state index in [1.165, 1.54) is 12.8 Å². The zero-order valence-corrected chi connectivity index (χ0v) is 16.4. The van der Waals surface area contributed by atoms with Crippen LogP contribution in [0, 0.1) is 0 Å². The second kappa shape index (κ2) is 9.74. The number of amides is 1. The van der Waals surface area contributed by atoms with Crippen LogP contribution in [0.25, 0.3) is 0 Å². The molecule has 0 radical (unpaired) electrons. The molecule has 1 amide bonds. The standard InChI is InChI=1S/C21H26ClN3O2/c1-23-15-17-13-16(21(26)24-9-12-25-10-2-3-11-25)7-8-20(17)27-19-6-4-5-18(22)14-19/h4-8,13-14,23H,2-3,9-12,15H2,1H3,(H,24,26). The van der Waals surface area contributed by atoms with E-state index in [-0.39, 0.29) is 5.91 Å². The van der Waals surface area contributed by atoms with Crippen molar-refractivity contribution < 1.29 is 9.53 Å². The molecule has 0 aliphatic carbocycles. The molecule has 5 nitrogen and oxygen atoms in total. The number of benzene rings is 2. The van der Waals surface area contributed by atoms with Gasteiger partial charge in [-0.2, -0.15) is 0 Å². The molecule has 1 aliphatic rings. The monoisotopic (exact) mass is 387 g/mol. The number of nitrogens with one attached hydrogen (secondary N) is 2. The first-order valence-corrected chi connectivity index (χ1v) is 9.75. The van der Waals surface area contributed by atoms with Gasteiger partial charge < -0.3 is 20.3 Å². The lowest BCUT2D eigenvalue weighted by atomic mass is 10.1. The molecule has 6 heteroatoms. The van der Waals surface area contributed by atoms with Crippen LogP contribution in [0.3, 0.4) is 0 Å². The number of hydrogen-bond donors (Lipinski definition) is 2. The molecule has 2 aromatic carbocycles. The number of ether oxygens (including phenoxy) is 1. The predicted octanol–water partition coefficient (Wildman–Crippen LogP) is 3.68. The van der Waals surface area contributed by atoms with Crippen LogP contribution in [0.2, 0.25) is 5.02 Å². The lowest BCUT2D eigenvalue weighted by Crippen LogP contribution is -2.33. The third-order valence-electron chi connectivity index (χ3n) is 4.63. The molecule has 0 saturated carbocycles. The smallest absolute Gasteiger partial charge is 0.251 e. The number of rotatable bonds is 8. The first-order chi connectivity index (χ1) is 13.2. The molecule has 0 spiro atoms. The molecule has 1 heterocycles. The van der Waals surface area contributed by atoms with Gasteiger partial charge in [0.2, 0.25) is 0 Å². The summed E-state index contributed by atoms with van der Waals surface area (Å²) in [7, 11) is 1.87. The van der Waals surface area contributed by atoms with Gasteiger partial charge in [0.1, 0.15) is 11.5 Å². The van der Waals surface area contributed by atoms with Crippen LogP contribution in [-0.4, -0.2) is 44.0 Å². The fraction of sp³-hybridized carbons (Fsp3) is 0.381. The maximum absolute atomic E-state index is 12.5. The van der Waals surface area contributed by atoms with E-state index < -0.39 is 0 Å². The minimum Gasteiger partial charge on any atom is -0.457 e. The number of hydrogen-bond acceptors (Lipinski definition) is 4. The van der Waals surface area contributed by atoms with Crippen LogP contribution < -0.4 is 15.4 Å². The van der Waals surface area contributed by atoms with Crippen molar-refractivity contribution in [3.8, 4) is 11.5 Å². The summed E-state index contributed by atoms with van der Waals surface area (Å²) < 4.78 is 5.96. The molecule has 2 aromatic rings. The SMILES string of the molecule is CNCc1cc(C(=O)NCCN2CCCC2)ccc1Oc1cccc(Cl)c1. The summed E-state index contributed by atoms with van der Waals surface area (Å²) in [5.74, 6) is 1.32. The summed E-state index contributed by atoms with van der Waals surface area (Å²) in [5.41, 5.74) is 1.56. The molecular formula is C21H26ClN3O2. The molecule has 0 unspecified atom stereocenters. The lowest BCUT2D eigenvalue weighted by Gasteiger charge is -2.16. The van der Waals surface area contributed by atoms with Crippen LogP contribution >= 0.6 is 11.6 Å². The van der Waals surface area contributed by atoms with Crippen LogP contribution in [0.4, 0.5) is 0 Å². The highest BCUT2D eigenvalue weighted by atomic mass is 35.5. The fourth-order valence-electron chi connectivity index (χ4n) is 3.24. The highest BCUT2D eigenvalue weighted by Crippen LogP contribution is 2.28. The van der Waals surface area contributed by atoms with Crippen LogP contribution in [-0.2, 0) is 6.54 Å². The topological polar surface area (TPSA) is 53.6 Å². The molecule has 1 saturated heterocycles. The summed E-state index contributed by atoms with van der Waals surface area (Å²) in [6, 6.07) is 12.8. The molecule has 3 rings (SSSR count). The maximum atomic E-state index is 12.5. The van der Waals surface area contributed by atoms with E-state index >= 15 is 0 Å². The van der Waals surface area contributed by atoms with Gasteiger partial charge in [0.15, 0.2) is 0 Å². The average Bonchev–Trinajstić information content (AvgIpc) is 3.17. The van der Waals surface area contributed by atoms with E-state index in [2.05, 4.69) is 15.5 Å². The maximum Gasteiger partial charge on any atom is 0.251 e. The molecule has 1 aliphatic heterocycles. The van der Waals surface area contributed by atoms with Gasteiger partial charge in [0.25, 0.3) is 5.91 Å². The van der Waals surface area contributed by atoms with Gasteiger partial charge >= 0.3 is 0 Å². The van der Waals surface area contributed by atoms with Gasteiger partial charge in [-0.05, 0) is 69.4 Å². The Morgan fingerprint density at radius 2 is 2.00 bits per heavy atom. The van der Waals surface area contributed by atoms with Crippen molar-refractivity contribution >= 4 is 17.5 Å². The van der Waals surface area contributed by atoms with Gasteiger partial charge in [0.05, 0.1) is 0 Å². The lowest BCUT2D eigenvalue weighted by molar-refractivity contribution is 0.0949. The molecule has 2 N–H and O–H groups in total. The summed E-state index contributed by atoms with van der Waals surface area (Å²) in [4.78, 5) is 14.9.